The van der Waals surface area contributed by atoms with Crippen LogP contribution in [-0.2, 0) is 4.79 Å². The number of allylic oxidation sites excluding steroid dienone is 2. The highest BCUT2D eigenvalue weighted by molar-refractivity contribution is 6.27. The Labute approximate surface area is 134 Å². The standard InChI is InChI=1S/C19H15NO3/c1-12-7-9-14(10-8-12)20(13(2)21)17-11-18(22)15-5-3-4-6-16(15)19(17)23/h3-11H,1-2H3. The lowest BCUT2D eigenvalue weighted by molar-refractivity contribution is -0.116. The van der Waals surface area contributed by atoms with Crippen LogP contribution >= 0.6 is 0 Å². The molecule has 114 valence electrons. The number of hydrogen-bond acceptors (Lipinski definition) is 3. The Morgan fingerprint density at radius 1 is 0.913 bits per heavy atom. The summed E-state index contributed by atoms with van der Waals surface area (Å²) in [5.74, 6) is -0.912. The highest BCUT2D eigenvalue weighted by Gasteiger charge is 2.31. The highest BCUT2D eigenvalue weighted by Crippen LogP contribution is 2.27. The molecule has 1 aliphatic rings. The zero-order valence-corrected chi connectivity index (χ0v) is 12.9. The lowest BCUT2D eigenvalue weighted by atomic mass is 9.92. The average molecular weight is 305 g/mol. The van der Waals surface area contributed by atoms with Crippen LogP contribution in [-0.4, -0.2) is 17.5 Å². The van der Waals surface area contributed by atoms with E-state index in [0.29, 0.717) is 16.8 Å². The Hall–Kier alpha value is -3.01. The van der Waals surface area contributed by atoms with E-state index in [1.807, 2.05) is 19.1 Å². The second-order valence-electron chi connectivity index (χ2n) is 5.46. The number of anilines is 1. The molecule has 0 aromatic heterocycles. The first-order valence-electron chi connectivity index (χ1n) is 7.26. The van der Waals surface area contributed by atoms with Crippen molar-refractivity contribution >= 4 is 23.2 Å². The molecule has 3 rings (SSSR count). The molecule has 0 saturated heterocycles. The van der Waals surface area contributed by atoms with Crippen LogP contribution in [0.1, 0.15) is 33.2 Å². The fourth-order valence-electron chi connectivity index (χ4n) is 2.65. The largest absolute Gasteiger partial charge is 0.289 e. The Morgan fingerprint density at radius 2 is 1.52 bits per heavy atom. The highest BCUT2D eigenvalue weighted by atomic mass is 16.2. The fraction of sp³-hybridized carbons (Fsp3) is 0.105. The summed E-state index contributed by atoms with van der Waals surface area (Å²) >= 11 is 0. The number of carbonyl (C=O) groups is 3. The molecule has 23 heavy (non-hydrogen) atoms. The van der Waals surface area contributed by atoms with E-state index in [-0.39, 0.29) is 23.2 Å². The van der Waals surface area contributed by atoms with Gasteiger partial charge in [-0.2, -0.15) is 0 Å². The molecule has 0 radical (unpaired) electrons. The number of fused-ring (bicyclic) bond motifs is 1. The topological polar surface area (TPSA) is 54.5 Å². The van der Waals surface area contributed by atoms with Crippen molar-refractivity contribution < 1.29 is 14.4 Å². The fourth-order valence-corrected chi connectivity index (χ4v) is 2.65. The number of rotatable bonds is 2. The maximum atomic E-state index is 12.7. The first-order valence-corrected chi connectivity index (χ1v) is 7.26. The molecule has 1 aliphatic carbocycles. The Balaban J connectivity index is 2.11. The zero-order valence-electron chi connectivity index (χ0n) is 12.9. The van der Waals surface area contributed by atoms with Gasteiger partial charge in [-0.1, -0.05) is 42.0 Å². The van der Waals surface area contributed by atoms with Crippen molar-refractivity contribution in [2.75, 3.05) is 4.90 Å². The van der Waals surface area contributed by atoms with Gasteiger partial charge in [-0.15, -0.1) is 0 Å². The van der Waals surface area contributed by atoms with E-state index in [9.17, 15) is 14.4 Å². The van der Waals surface area contributed by atoms with Gasteiger partial charge in [0, 0.05) is 29.8 Å². The smallest absolute Gasteiger partial charge is 0.228 e. The molecule has 2 aromatic carbocycles. The van der Waals surface area contributed by atoms with E-state index < -0.39 is 0 Å². The van der Waals surface area contributed by atoms with E-state index >= 15 is 0 Å². The third-order valence-electron chi connectivity index (χ3n) is 3.79. The summed E-state index contributed by atoms with van der Waals surface area (Å²) in [4.78, 5) is 38.4. The van der Waals surface area contributed by atoms with Crippen molar-refractivity contribution in [1.82, 2.24) is 0 Å². The molecule has 0 N–H and O–H groups in total. The normalized spacial score (nSPS) is 13.4. The lowest BCUT2D eigenvalue weighted by Crippen LogP contribution is -2.35. The van der Waals surface area contributed by atoms with Crippen LogP contribution < -0.4 is 4.90 Å². The van der Waals surface area contributed by atoms with Gasteiger partial charge in [0.2, 0.25) is 11.7 Å². The number of benzene rings is 2. The van der Waals surface area contributed by atoms with E-state index in [0.717, 1.165) is 5.56 Å². The van der Waals surface area contributed by atoms with Gasteiger partial charge in [-0.05, 0) is 19.1 Å². The van der Waals surface area contributed by atoms with Gasteiger partial charge < -0.3 is 0 Å². The minimum atomic E-state index is -0.323. The molecule has 0 saturated carbocycles. The first-order chi connectivity index (χ1) is 11.0. The summed E-state index contributed by atoms with van der Waals surface area (Å²) in [7, 11) is 0. The van der Waals surface area contributed by atoms with Gasteiger partial charge in [0.15, 0.2) is 5.78 Å². The third-order valence-corrected chi connectivity index (χ3v) is 3.79. The Bertz CT molecular complexity index is 847. The first kappa shape index (κ1) is 14.9. The van der Waals surface area contributed by atoms with Crippen molar-refractivity contribution in [1.29, 1.82) is 0 Å². The van der Waals surface area contributed by atoms with Gasteiger partial charge in [0.1, 0.15) is 5.70 Å². The molecule has 0 fully saturated rings. The summed E-state index contributed by atoms with van der Waals surface area (Å²) < 4.78 is 0. The predicted octanol–water partition coefficient (Wildman–Crippen LogP) is 3.31. The summed E-state index contributed by atoms with van der Waals surface area (Å²) in [5.41, 5.74) is 2.39. The quantitative estimate of drug-likeness (QED) is 0.855. The summed E-state index contributed by atoms with van der Waals surface area (Å²) in [6.07, 6.45) is 1.24. The van der Waals surface area contributed by atoms with Gasteiger partial charge in [-0.25, -0.2) is 0 Å². The van der Waals surface area contributed by atoms with Crippen LogP contribution in [0.4, 0.5) is 5.69 Å². The van der Waals surface area contributed by atoms with Crippen LogP contribution in [0.2, 0.25) is 0 Å². The van der Waals surface area contributed by atoms with Crippen LogP contribution in [0.3, 0.4) is 0 Å². The zero-order chi connectivity index (χ0) is 16.6. The van der Waals surface area contributed by atoms with Gasteiger partial charge >= 0.3 is 0 Å². The van der Waals surface area contributed by atoms with Gasteiger partial charge in [0.05, 0.1) is 0 Å². The number of hydrogen-bond donors (Lipinski definition) is 0. The molecule has 0 bridgehead atoms. The maximum absolute atomic E-state index is 12.7. The molecule has 4 nitrogen and oxygen atoms in total. The van der Waals surface area contributed by atoms with Crippen LogP contribution in [0, 0.1) is 6.92 Å². The number of aryl methyl sites for hydroxylation is 1. The average Bonchev–Trinajstić information content (AvgIpc) is 2.54. The van der Waals surface area contributed by atoms with E-state index in [1.165, 1.54) is 17.9 Å². The monoisotopic (exact) mass is 305 g/mol. The number of Topliss-reactive ketones (excluding diaryl/α,β-unsaturated/α-hetero) is 1. The molecule has 1 amide bonds. The van der Waals surface area contributed by atoms with E-state index in [4.69, 9.17) is 0 Å². The van der Waals surface area contributed by atoms with Gasteiger partial charge in [0.25, 0.3) is 0 Å². The van der Waals surface area contributed by atoms with Crippen molar-refractivity contribution in [2.45, 2.75) is 13.8 Å². The van der Waals surface area contributed by atoms with Crippen LogP contribution in [0.5, 0.6) is 0 Å². The van der Waals surface area contributed by atoms with Crippen molar-refractivity contribution in [3.8, 4) is 0 Å². The minimum Gasteiger partial charge on any atom is -0.289 e. The molecule has 0 aliphatic heterocycles. The van der Waals surface area contributed by atoms with Crippen LogP contribution in [0.25, 0.3) is 0 Å². The number of amides is 1. The molecular weight excluding hydrogens is 290 g/mol. The molecule has 0 heterocycles. The molecule has 2 aromatic rings. The summed E-state index contributed by atoms with van der Waals surface area (Å²) in [5, 5.41) is 0. The molecule has 0 atom stereocenters. The summed E-state index contributed by atoms with van der Waals surface area (Å²) in [6, 6.07) is 13.9. The molecule has 4 heteroatoms. The Kier molecular flexibility index (Phi) is 3.66. The van der Waals surface area contributed by atoms with Crippen LogP contribution in [0.15, 0.2) is 60.3 Å². The minimum absolute atomic E-state index is 0.0880. The van der Waals surface area contributed by atoms with E-state index in [1.54, 1.807) is 36.4 Å². The van der Waals surface area contributed by atoms with E-state index in [2.05, 4.69) is 0 Å². The Morgan fingerprint density at radius 3 is 2.13 bits per heavy atom. The maximum Gasteiger partial charge on any atom is 0.228 e. The number of nitrogens with zero attached hydrogens (tertiary/aromatic N) is 1. The third kappa shape index (κ3) is 2.59. The summed E-state index contributed by atoms with van der Waals surface area (Å²) in [6.45, 7) is 3.31. The molecule has 0 spiro atoms. The van der Waals surface area contributed by atoms with Gasteiger partial charge in [-0.3, -0.25) is 19.3 Å². The number of ketones is 2. The predicted molar refractivity (Wildman–Crippen MR) is 87.5 cm³/mol. The van der Waals surface area contributed by atoms with Crippen molar-refractivity contribution in [3.05, 3.63) is 77.0 Å². The molecule has 0 unspecified atom stereocenters. The molecular formula is C19H15NO3. The second kappa shape index (κ2) is 5.65. The lowest BCUT2D eigenvalue weighted by Gasteiger charge is -2.26. The van der Waals surface area contributed by atoms with Crippen molar-refractivity contribution in [3.63, 3.8) is 0 Å². The second-order valence-corrected chi connectivity index (χ2v) is 5.46. The van der Waals surface area contributed by atoms with Crippen molar-refractivity contribution in [2.24, 2.45) is 0 Å². The number of carbonyl (C=O) groups excluding carboxylic acids is 3. The SMILES string of the molecule is CC(=O)N(C1=CC(=O)c2ccccc2C1=O)c1ccc(C)cc1.